The Labute approximate surface area is 113 Å². The number of rotatable bonds is 7. The Kier molecular flexibility index (Phi) is 6.29. The molecule has 0 radical (unpaired) electrons. The molecule has 5 heteroatoms. The highest BCUT2D eigenvalue weighted by Gasteiger charge is 2.22. The molecule has 1 aromatic rings. The predicted octanol–water partition coefficient (Wildman–Crippen LogP) is 1.69. The molecule has 0 aliphatic rings. The maximum atomic E-state index is 12.0. The van der Waals surface area contributed by atoms with Gasteiger partial charge in [0.1, 0.15) is 12.6 Å². The minimum atomic E-state index is -0.574. The van der Waals surface area contributed by atoms with Crippen LogP contribution in [0.5, 0.6) is 0 Å². The molecule has 106 valence electrons. The fraction of sp³-hybridized carbons (Fsp3) is 0.571. The van der Waals surface area contributed by atoms with Crippen LogP contribution in [0.4, 0.5) is 0 Å². The van der Waals surface area contributed by atoms with E-state index in [1.807, 2.05) is 13.8 Å². The summed E-state index contributed by atoms with van der Waals surface area (Å²) in [5, 5.41) is 0. The Hall–Kier alpha value is -1.62. The summed E-state index contributed by atoms with van der Waals surface area (Å²) in [5.41, 5.74) is 0.565. The van der Waals surface area contributed by atoms with Gasteiger partial charge in [0.05, 0.1) is 6.61 Å². The first-order valence-corrected chi connectivity index (χ1v) is 6.54. The van der Waals surface area contributed by atoms with Crippen LogP contribution in [0, 0.1) is 6.92 Å². The zero-order valence-corrected chi connectivity index (χ0v) is 11.7. The van der Waals surface area contributed by atoms with E-state index in [2.05, 4.69) is 0 Å². The number of nitrogens with zero attached hydrogens (tertiary/aromatic N) is 1. The number of aryl methyl sites for hydroxylation is 1. The van der Waals surface area contributed by atoms with Gasteiger partial charge in [0.15, 0.2) is 0 Å². The number of hydrogen-bond donors (Lipinski definition) is 0. The van der Waals surface area contributed by atoms with Crippen molar-refractivity contribution in [2.45, 2.75) is 33.2 Å². The lowest BCUT2D eigenvalue weighted by Crippen LogP contribution is -2.32. The first-order chi connectivity index (χ1) is 9.11. The minimum absolute atomic E-state index is 0.186. The second-order valence-electron chi connectivity index (χ2n) is 4.16. The summed E-state index contributed by atoms with van der Waals surface area (Å²) in [4.78, 5) is 23.9. The Morgan fingerprint density at radius 1 is 1.32 bits per heavy atom. The Morgan fingerprint density at radius 3 is 2.63 bits per heavy atom. The van der Waals surface area contributed by atoms with E-state index in [-0.39, 0.29) is 12.2 Å². The molecule has 0 aromatic carbocycles. The monoisotopic (exact) mass is 267 g/mol. The second-order valence-corrected chi connectivity index (χ2v) is 4.16. The summed E-state index contributed by atoms with van der Waals surface area (Å²) in [5.74, 6) is -0.390. The molecular weight excluding hydrogens is 246 g/mol. The first kappa shape index (κ1) is 15.4. The van der Waals surface area contributed by atoms with Crippen LogP contribution in [0.25, 0.3) is 0 Å². The summed E-state index contributed by atoms with van der Waals surface area (Å²) in [6.45, 7) is 6.71. The number of esters is 1. The van der Waals surface area contributed by atoms with E-state index in [0.29, 0.717) is 19.6 Å². The maximum absolute atomic E-state index is 12.0. The van der Waals surface area contributed by atoms with Crippen molar-refractivity contribution >= 4 is 5.97 Å². The highest BCUT2D eigenvalue weighted by molar-refractivity contribution is 5.74. The van der Waals surface area contributed by atoms with Crippen molar-refractivity contribution in [1.82, 2.24) is 4.57 Å². The van der Waals surface area contributed by atoms with Crippen molar-refractivity contribution in [3.8, 4) is 0 Å². The normalized spacial score (nSPS) is 12.2. The molecule has 19 heavy (non-hydrogen) atoms. The van der Waals surface area contributed by atoms with Crippen LogP contribution in [0.2, 0.25) is 0 Å². The van der Waals surface area contributed by atoms with E-state index < -0.39 is 12.0 Å². The highest BCUT2D eigenvalue weighted by Crippen LogP contribution is 2.13. The highest BCUT2D eigenvalue weighted by atomic mass is 16.6. The van der Waals surface area contributed by atoms with Gasteiger partial charge < -0.3 is 9.47 Å². The van der Waals surface area contributed by atoms with Crippen LogP contribution in [0.15, 0.2) is 23.0 Å². The molecule has 0 saturated carbocycles. The zero-order chi connectivity index (χ0) is 14.3. The van der Waals surface area contributed by atoms with Crippen molar-refractivity contribution in [3.63, 3.8) is 0 Å². The average molecular weight is 267 g/mol. The predicted molar refractivity (Wildman–Crippen MR) is 72.2 cm³/mol. The van der Waals surface area contributed by atoms with Gasteiger partial charge in [0, 0.05) is 18.4 Å². The van der Waals surface area contributed by atoms with Gasteiger partial charge in [0.2, 0.25) is 0 Å². The van der Waals surface area contributed by atoms with Gasteiger partial charge in [-0.05, 0) is 26.3 Å². The van der Waals surface area contributed by atoms with Crippen molar-refractivity contribution in [2.75, 3.05) is 19.8 Å². The fourth-order valence-corrected chi connectivity index (χ4v) is 1.90. The molecule has 0 spiro atoms. The van der Waals surface area contributed by atoms with E-state index in [1.54, 1.807) is 19.1 Å². The van der Waals surface area contributed by atoms with E-state index in [0.717, 1.165) is 5.69 Å². The smallest absolute Gasteiger partial charge is 0.329 e. The van der Waals surface area contributed by atoms with Gasteiger partial charge in [-0.3, -0.25) is 9.36 Å². The lowest BCUT2D eigenvalue weighted by molar-refractivity contribution is -0.149. The van der Waals surface area contributed by atoms with Crippen LogP contribution in [-0.2, 0) is 14.3 Å². The van der Waals surface area contributed by atoms with E-state index in [4.69, 9.17) is 9.47 Å². The quantitative estimate of drug-likeness (QED) is 0.557. The van der Waals surface area contributed by atoms with Gasteiger partial charge in [-0.25, -0.2) is 4.79 Å². The van der Waals surface area contributed by atoms with Gasteiger partial charge in [-0.1, -0.05) is 13.0 Å². The van der Waals surface area contributed by atoms with Crippen LogP contribution in [0.3, 0.4) is 0 Å². The van der Waals surface area contributed by atoms with Crippen molar-refractivity contribution in [3.05, 3.63) is 34.2 Å². The molecule has 1 aromatic heterocycles. The number of ether oxygens (including phenoxy) is 2. The Morgan fingerprint density at radius 2 is 2.05 bits per heavy atom. The number of pyridine rings is 1. The standard InChI is InChI=1S/C14H21NO4/c1-4-12(14(17)19-10-9-18-5-2)15-11(3)7-6-8-13(15)16/h6-8,12H,4-5,9-10H2,1-3H3. The third-order valence-corrected chi connectivity index (χ3v) is 2.84. The molecule has 0 bridgehead atoms. The Bertz CT molecular complexity index is 467. The van der Waals surface area contributed by atoms with Crippen LogP contribution < -0.4 is 5.56 Å². The lowest BCUT2D eigenvalue weighted by atomic mass is 10.2. The van der Waals surface area contributed by atoms with Crippen LogP contribution in [0.1, 0.15) is 32.0 Å². The summed E-state index contributed by atoms with van der Waals surface area (Å²) in [6, 6.07) is 4.36. The van der Waals surface area contributed by atoms with Gasteiger partial charge in [0.25, 0.3) is 5.56 Å². The molecule has 0 aliphatic heterocycles. The number of hydrogen-bond acceptors (Lipinski definition) is 4. The third-order valence-electron chi connectivity index (χ3n) is 2.84. The first-order valence-electron chi connectivity index (χ1n) is 6.54. The van der Waals surface area contributed by atoms with Crippen LogP contribution >= 0.6 is 0 Å². The third kappa shape index (κ3) is 4.21. The molecule has 0 amide bonds. The van der Waals surface area contributed by atoms with Crippen molar-refractivity contribution in [1.29, 1.82) is 0 Å². The molecule has 5 nitrogen and oxygen atoms in total. The summed E-state index contributed by atoms with van der Waals surface area (Å²) >= 11 is 0. The molecule has 1 unspecified atom stereocenters. The SMILES string of the molecule is CCOCCOC(=O)C(CC)n1c(C)cccc1=O. The number of carbonyl (C=O) groups excluding carboxylic acids is 1. The largest absolute Gasteiger partial charge is 0.462 e. The van der Waals surface area contributed by atoms with E-state index in [9.17, 15) is 9.59 Å². The van der Waals surface area contributed by atoms with Gasteiger partial charge in [-0.15, -0.1) is 0 Å². The van der Waals surface area contributed by atoms with Gasteiger partial charge >= 0.3 is 5.97 Å². The zero-order valence-electron chi connectivity index (χ0n) is 11.7. The molecule has 1 atom stereocenters. The van der Waals surface area contributed by atoms with Crippen molar-refractivity contribution in [2.24, 2.45) is 0 Å². The molecule has 0 saturated heterocycles. The van der Waals surface area contributed by atoms with E-state index in [1.165, 1.54) is 10.6 Å². The molecule has 0 fully saturated rings. The van der Waals surface area contributed by atoms with Crippen LogP contribution in [-0.4, -0.2) is 30.4 Å². The molecule has 1 rings (SSSR count). The lowest BCUT2D eigenvalue weighted by Gasteiger charge is -2.19. The molecule has 1 heterocycles. The van der Waals surface area contributed by atoms with Gasteiger partial charge in [-0.2, -0.15) is 0 Å². The Balaban J connectivity index is 2.77. The summed E-state index contributed by atoms with van der Waals surface area (Å²) < 4.78 is 11.7. The summed E-state index contributed by atoms with van der Waals surface area (Å²) in [7, 11) is 0. The second kappa shape index (κ2) is 7.74. The minimum Gasteiger partial charge on any atom is -0.462 e. The molecular formula is C14H21NO4. The number of aromatic nitrogens is 1. The average Bonchev–Trinajstić information content (AvgIpc) is 2.39. The fourth-order valence-electron chi connectivity index (χ4n) is 1.90. The maximum Gasteiger partial charge on any atom is 0.329 e. The molecule has 0 aliphatic carbocycles. The topological polar surface area (TPSA) is 57.5 Å². The molecule has 0 N–H and O–H groups in total. The van der Waals surface area contributed by atoms with Crippen molar-refractivity contribution < 1.29 is 14.3 Å². The van der Waals surface area contributed by atoms with E-state index >= 15 is 0 Å². The summed E-state index contributed by atoms with van der Waals surface area (Å²) in [6.07, 6.45) is 0.512. The number of carbonyl (C=O) groups is 1.